The lowest BCUT2D eigenvalue weighted by Crippen LogP contribution is -2.37. The highest BCUT2D eigenvalue weighted by Crippen LogP contribution is 2.21. The molecule has 3 aromatic rings. The molecule has 2 aromatic heterocycles. The highest BCUT2D eigenvalue weighted by Gasteiger charge is 2.22. The van der Waals surface area contributed by atoms with Crippen molar-refractivity contribution < 1.29 is 8.78 Å². The van der Waals surface area contributed by atoms with Crippen LogP contribution in [0.5, 0.6) is 0 Å². The molecule has 1 N–H and O–H groups in total. The monoisotopic (exact) mass is 386 g/mol. The zero-order valence-corrected chi connectivity index (χ0v) is 16.3. The van der Waals surface area contributed by atoms with E-state index in [0.29, 0.717) is 12.6 Å². The van der Waals surface area contributed by atoms with Gasteiger partial charge in [0.1, 0.15) is 17.3 Å². The Hall–Kier alpha value is -2.61. The zero-order chi connectivity index (χ0) is 19.8. The number of hydrogen-bond donors (Lipinski definition) is 1. The Balaban J connectivity index is 1.49. The van der Waals surface area contributed by atoms with Crippen LogP contribution >= 0.6 is 0 Å². The second-order valence-electron chi connectivity index (χ2n) is 7.25. The van der Waals surface area contributed by atoms with Crippen LogP contribution in [0.15, 0.2) is 18.2 Å². The summed E-state index contributed by atoms with van der Waals surface area (Å²) in [5.41, 5.74) is 2.97. The summed E-state index contributed by atoms with van der Waals surface area (Å²) in [6.07, 6.45) is 2.75. The van der Waals surface area contributed by atoms with Gasteiger partial charge in [-0.25, -0.2) is 23.1 Å². The maximum atomic E-state index is 14.2. The molecule has 8 heteroatoms. The first kappa shape index (κ1) is 18.7. The van der Waals surface area contributed by atoms with Gasteiger partial charge in [-0.15, -0.1) is 0 Å². The van der Waals surface area contributed by atoms with Gasteiger partial charge in [0, 0.05) is 42.8 Å². The molecule has 0 bridgehead atoms. The van der Waals surface area contributed by atoms with E-state index in [9.17, 15) is 8.78 Å². The number of hydrogen-bond acceptors (Lipinski definition) is 4. The fourth-order valence-corrected chi connectivity index (χ4v) is 3.74. The molecule has 4 rings (SSSR count). The lowest BCUT2D eigenvalue weighted by atomic mass is 10.1. The smallest absolute Gasteiger partial charge is 0.151 e. The maximum Gasteiger partial charge on any atom is 0.151 e. The first-order valence-electron chi connectivity index (χ1n) is 9.62. The van der Waals surface area contributed by atoms with Crippen molar-refractivity contribution in [1.29, 1.82) is 0 Å². The predicted octanol–water partition coefficient (Wildman–Crippen LogP) is 3.03. The second-order valence-corrected chi connectivity index (χ2v) is 7.25. The first-order valence-corrected chi connectivity index (χ1v) is 9.62. The summed E-state index contributed by atoms with van der Waals surface area (Å²) in [6, 6.07) is 3.84. The molecule has 6 nitrogen and oxygen atoms in total. The number of benzene rings is 1. The lowest BCUT2D eigenvalue weighted by molar-refractivity contribution is 0.357. The summed E-state index contributed by atoms with van der Waals surface area (Å²) in [5, 5.41) is 12.6. The first-order chi connectivity index (χ1) is 13.5. The molecule has 0 spiro atoms. The van der Waals surface area contributed by atoms with Gasteiger partial charge in [0.2, 0.25) is 0 Å². The van der Waals surface area contributed by atoms with Gasteiger partial charge in [0.05, 0.1) is 12.2 Å². The third kappa shape index (κ3) is 3.44. The molecule has 0 saturated carbocycles. The minimum atomic E-state index is -0.622. The van der Waals surface area contributed by atoms with E-state index < -0.39 is 11.6 Å². The van der Waals surface area contributed by atoms with Gasteiger partial charge in [-0.2, -0.15) is 10.2 Å². The van der Waals surface area contributed by atoms with Crippen molar-refractivity contribution in [2.75, 3.05) is 0 Å². The van der Waals surface area contributed by atoms with Crippen molar-refractivity contribution in [1.82, 2.24) is 29.9 Å². The van der Waals surface area contributed by atoms with Gasteiger partial charge in [0.25, 0.3) is 0 Å². The van der Waals surface area contributed by atoms with Crippen LogP contribution in [0.3, 0.4) is 0 Å². The quantitative estimate of drug-likeness (QED) is 0.732. The summed E-state index contributed by atoms with van der Waals surface area (Å²) in [7, 11) is 0. The van der Waals surface area contributed by atoms with Crippen LogP contribution in [0.4, 0.5) is 8.78 Å². The Morgan fingerprint density at radius 3 is 2.79 bits per heavy atom. The molecular formula is C20H24F2N6. The Morgan fingerprint density at radius 1 is 1.21 bits per heavy atom. The van der Waals surface area contributed by atoms with Crippen LogP contribution in [0.25, 0.3) is 5.69 Å². The van der Waals surface area contributed by atoms with Gasteiger partial charge in [-0.3, -0.25) is 0 Å². The van der Waals surface area contributed by atoms with Crippen LogP contribution in [0.1, 0.15) is 41.9 Å². The second kappa shape index (κ2) is 7.43. The van der Waals surface area contributed by atoms with E-state index >= 15 is 0 Å². The number of nitrogens with one attached hydrogen (secondary N) is 1. The highest BCUT2D eigenvalue weighted by atomic mass is 19.1. The molecule has 3 heterocycles. The van der Waals surface area contributed by atoms with E-state index in [1.807, 2.05) is 18.5 Å². The molecular weight excluding hydrogens is 362 g/mol. The molecule has 0 aliphatic carbocycles. The zero-order valence-electron chi connectivity index (χ0n) is 16.3. The average Bonchev–Trinajstić information content (AvgIpc) is 3.20. The van der Waals surface area contributed by atoms with Crippen LogP contribution in [-0.4, -0.2) is 30.6 Å². The van der Waals surface area contributed by atoms with E-state index in [-0.39, 0.29) is 5.69 Å². The SMILES string of the molecule is CCc1nc2n(n1)CC(NCc1c(C)nn(-c3ccc(F)cc3F)c1C)CC2. The molecule has 1 aliphatic heterocycles. The summed E-state index contributed by atoms with van der Waals surface area (Å²) in [6.45, 7) is 7.30. The average molecular weight is 386 g/mol. The third-order valence-electron chi connectivity index (χ3n) is 5.36. The molecule has 0 fully saturated rings. The van der Waals surface area contributed by atoms with E-state index in [1.165, 1.54) is 12.1 Å². The summed E-state index contributed by atoms with van der Waals surface area (Å²) < 4.78 is 30.9. The Morgan fingerprint density at radius 2 is 2.04 bits per heavy atom. The van der Waals surface area contributed by atoms with Crippen LogP contribution in [-0.2, 0) is 25.9 Å². The number of fused-ring (bicyclic) bond motifs is 1. The van der Waals surface area contributed by atoms with Crippen LogP contribution in [0.2, 0.25) is 0 Å². The van der Waals surface area contributed by atoms with Gasteiger partial charge in [-0.05, 0) is 32.4 Å². The number of aryl methyl sites for hydroxylation is 3. The number of halogens is 2. The van der Waals surface area contributed by atoms with Crippen molar-refractivity contribution in [2.24, 2.45) is 0 Å². The molecule has 1 aliphatic rings. The molecule has 148 valence electrons. The number of nitrogens with zero attached hydrogens (tertiary/aromatic N) is 5. The standard InChI is InChI=1S/C20H24F2N6/c1-4-19-24-20-8-6-15(11-27(20)26-19)23-10-16-12(2)25-28(13(16)3)18-7-5-14(21)9-17(18)22/h5,7,9,15,23H,4,6,8,10-11H2,1-3H3. The number of rotatable bonds is 5. The summed E-state index contributed by atoms with van der Waals surface area (Å²) in [4.78, 5) is 4.55. The van der Waals surface area contributed by atoms with E-state index in [1.54, 1.807) is 4.68 Å². The minimum absolute atomic E-state index is 0.255. The number of aromatic nitrogens is 5. The molecule has 1 unspecified atom stereocenters. The van der Waals surface area contributed by atoms with Crippen molar-refractivity contribution in [3.8, 4) is 5.69 Å². The molecule has 0 saturated heterocycles. The lowest BCUT2D eigenvalue weighted by Gasteiger charge is -2.23. The summed E-state index contributed by atoms with van der Waals surface area (Å²) >= 11 is 0. The maximum absolute atomic E-state index is 14.2. The fraction of sp³-hybridized carbons (Fsp3) is 0.450. The van der Waals surface area contributed by atoms with Crippen molar-refractivity contribution >= 4 is 0 Å². The Labute approximate surface area is 162 Å². The van der Waals surface area contributed by atoms with E-state index in [0.717, 1.165) is 60.5 Å². The molecule has 0 amide bonds. The van der Waals surface area contributed by atoms with E-state index in [4.69, 9.17) is 0 Å². The topological polar surface area (TPSA) is 60.6 Å². The van der Waals surface area contributed by atoms with Crippen LogP contribution < -0.4 is 5.32 Å². The predicted molar refractivity (Wildman–Crippen MR) is 101 cm³/mol. The van der Waals surface area contributed by atoms with Crippen molar-refractivity contribution in [3.63, 3.8) is 0 Å². The van der Waals surface area contributed by atoms with Crippen molar-refractivity contribution in [3.05, 3.63) is 58.4 Å². The third-order valence-corrected chi connectivity index (χ3v) is 5.36. The largest absolute Gasteiger partial charge is 0.308 e. The van der Waals surface area contributed by atoms with Gasteiger partial charge in [0.15, 0.2) is 11.6 Å². The van der Waals surface area contributed by atoms with Gasteiger partial charge < -0.3 is 5.32 Å². The Kier molecular flexibility index (Phi) is 4.97. The van der Waals surface area contributed by atoms with Gasteiger partial charge >= 0.3 is 0 Å². The molecule has 0 radical (unpaired) electrons. The van der Waals surface area contributed by atoms with Crippen LogP contribution in [0, 0.1) is 25.5 Å². The summed E-state index contributed by atoms with van der Waals surface area (Å²) in [5.74, 6) is 0.732. The highest BCUT2D eigenvalue weighted by molar-refractivity contribution is 5.38. The molecule has 1 aromatic carbocycles. The molecule has 28 heavy (non-hydrogen) atoms. The Bertz CT molecular complexity index is 1010. The van der Waals surface area contributed by atoms with E-state index in [2.05, 4.69) is 27.4 Å². The van der Waals surface area contributed by atoms with Crippen molar-refractivity contribution in [2.45, 2.75) is 59.2 Å². The molecule has 1 atom stereocenters. The fourth-order valence-electron chi connectivity index (χ4n) is 3.74. The van der Waals surface area contributed by atoms with Gasteiger partial charge in [-0.1, -0.05) is 6.92 Å². The normalized spacial score (nSPS) is 16.4. The minimum Gasteiger partial charge on any atom is -0.308 e.